The highest BCUT2D eigenvalue weighted by Gasteiger charge is 2.27. The second kappa shape index (κ2) is 5.73. The second-order valence-electron chi connectivity index (χ2n) is 4.81. The molecule has 1 aliphatic carbocycles. The molecular weight excluding hydrogens is 292 g/mol. The smallest absolute Gasteiger partial charge is 0.0992 e. The Hall–Kier alpha value is -1.05. The predicted molar refractivity (Wildman–Crippen MR) is 75.5 cm³/mol. The SMILES string of the molecule is CN(c1ccc(C#N)cc1Br)C1CCCCC1O. The van der Waals surface area contributed by atoms with Crippen LogP contribution >= 0.6 is 15.9 Å². The van der Waals surface area contributed by atoms with Gasteiger partial charge in [0.05, 0.1) is 29.5 Å². The molecule has 0 amide bonds. The molecule has 1 aromatic rings. The highest BCUT2D eigenvalue weighted by Crippen LogP contribution is 2.32. The Balaban J connectivity index is 2.22. The number of likely N-dealkylation sites (N-methyl/N-ethyl adjacent to an activating group) is 1. The normalized spacial score (nSPS) is 23.4. The number of benzene rings is 1. The van der Waals surface area contributed by atoms with E-state index in [4.69, 9.17) is 5.26 Å². The fourth-order valence-electron chi connectivity index (χ4n) is 2.58. The summed E-state index contributed by atoms with van der Waals surface area (Å²) in [5, 5.41) is 18.9. The van der Waals surface area contributed by atoms with Crippen LogP contribution in [0.15, 0.2) is 22.7 Å². The number of aliphatic hydroxyl groups is 1. The monoisotopic (exact) mass is 308 g/mol. The van der Waals surface area contributed by atoms with Crippen molar-refractivity contribution in [2.75, 3.05) is 11.9 Å². The Morgan fingerprint density at radius 1 is 1.39 bits per heavy atom. The molecule has 1 N–H and O–H groups in total. The van der Waals surface area contributed by atoms with E-state index in [9.17, 15) is 5.11 Å². The van der Waals surface area contributed by atoms with Crippen LogP contribution in [0.1, 0.15) is 31.2 Å². The van der Waals surface area contributed by atoms with Crippen LogP contribution in [-0.4, -0.2) is 24.3 Å². The summed E-state index contributed by atoms with van der Waals surface area (Å²) >= 11 is 3.50. The first-order valence-electron chi connectivity index (χ1n) is 6.24. The minimum atomic E-state index is -0.258. The van der Waals surface area contributed by atoms with Crippen molar-refractivity contribution >= 4 is 21.6 Å². The van der Waals surface area contributed by atoms with E-state index in [-0.39, 0.29) is 12.1 Å². The van der Waals surface area contributed by atoms with E-state index in [1.54, 1.807) is 0 Å². The molecular formula is C14H17BrN2O. The maximum absolute atomic E-state index is 10.1. The van der Waals surface area contributed by atoms with Crippen molar-refractivity contribution in [2.45, 2.75) is 37.8 Å². The Kier molecular flexibility index (Phi) is 4.26. The molecule has 0 saturated heterocycles. The fraction of sp³-hybridized carbons (Fsp3) is 0.500. The van der Waals surface area contributed by atoms with Crippen LogP contribution in [0, 0.1) is 11.3 Å². The number of halogens is 1. The number of aliphatic hydroxyl groups excluding tert-OH is 1. The van der Waals surface area contributed by atoms with Gasteiger partial charge in [-0.05, 0) is 47.0 Å². The van der Waals surface area contributed by atoms with Crippen molar-refractivity contribution in [2.24, 2.45) is 0 Å². The standard InChI is InChI=1S/C14H17BrN2O/c1-17(13-4-2-3-5-14(13)18)12-7-6-10(9-16)8-11(12)15/h6-8,13-14,18H,2-5H2,1H3. The third-order valence-corrected chi connectivity index (χ3v) is 4.28. The van der Waals surface area contributed by atoms with Gasteiger partial charge < -0.3 is 10.0 Å². The molecule has 3 nitrogen and oxygen atoms in total. The zero-order valence-electron chi connectivity index (χ0n) is 10.4. The van der Waals surface area contributed by atoms with Crippen LogP contribution in [0.4, 0.5) is 5.69 Å². The molecule has 4 heteroatoms. The van der Waals surface area contributed by atoms with E-state index < -0.39 is 0 Å². The van der Waals surface area contributed by atoms with Gasteiger partial charge in [0.2, 0.25) is 0 Å². The van der Waals surface area contributed by atoms with Crippen molar-refractivity contribution in [3.63, 3.8) is 0 Å². The predicted octanol–water partition coefficient (Wildman–Crippen LogP) is 3.06. The highest BCUT2D eigenvalue weighted by molar-refractivity contribution is 9.10. The van der Waals surface area contributed by atoms with E-state index in [1.807, 2.05) is 25.2 Å². The lowest BCUT2D eigenvalue weighted by molar-refractivity contribution is 0.106. The third-order valence-electron chi connectivity index (χ3n) is 3.65. The van der Waals surface area contributed by atoms with E-state index >= 15 is 0 Å². The minimum Gasteiger partial charge on any atom is -0.391 e. The van der Waals surface area contributed by atoms with Crippen molar-refractivity contribution in [1.29, 1.82) is 5.26 Å². The highest BCUT2D eigenvalue weighted by atomic mass is 79.9. The molecule has 0 aromatic heterocycles. The molecule has 1 saturated carbocycles. The molecule has 18 heavy (non-hydrogen) atoms. The first-order chi connectivity index (χ1) is 8.63. The van der Waals surface area contributed by atoms with Crippen LogP contribution in [0.25, 0.3) is 0 Å². The summed E-state index contributed by atoms with van der Waals surface area (Å²) in [5.74, 6) is 0. The lowest BCUT2D eigenvalue weighted by Crippen LogP contribution is -2.43. The summed E-state index contributed by atoms with van der Waals surface area (Å²) in [5.41, 5.74) is 1.67. The van der Waals surface area contributed by atoms with Gasteiger partial charge >= 0.3 is 0 Å². The van der Waals surface area contributed by atoms with Crippen LogP contribution in [0.2, 0.25) is 0 Å². The largest absolute Gasteiger partial charge is 0.391 e. The summed E-state index contributed by atoms with van der Waals surface area (Å²) in [6, 6.07) is 7.86. The average molecular weight is 309 g/mol. The first kappa shape index (κ1) is 13.4. The molecule has 0 aliphatic heterocycles. The molecule has 0 bridgehead atoms. The van der Waals surface area contributed by atoms with Crippen molar-refractivity contribution in [3.8, 4) is 6.07 Å². The Bertz CT molecular complexity index is 469. The van der Waals surface area contributed by atoms with E-state index in [0.29, 0.717) is 5.56 Å². The van der Waals surface area contributed by atoms with Gasteiger partial charge in [-0.2, -0.15) is 5.26 Å². The number of hydrogen-bond acceptors (Lipinski definition) is 3. The summed E-state index contributed by atoms with van der Waals surface area (Å²) in [4.78, 5) is 2.12. The quantitative estimate of drug-likeness (QED) is 0.913. The molecule has 1 aliphatic rings. The third kappa shape index (κ3) is 2.68. The summed E-state index contributed by atoms with van der Waals surface area (Å²) in [7, 11) is 2.01. The molecule has 2 atom stereocenters. The van der Waals surface area contributed by atoms with Gasteiger partial charge in [-0.3, -0.25) is 0 Å². The molecule has 2 rings (SSSR count). The van der Waals surface area contributed by atoms with Crippen molar-refractivity contribution in [3.05, 3.63) is 28.2 Å². The zero-order valence-corrected chi connectivity index (χ0v) is 12.0. The van der Waals surface area contributed by atoms with Crippen LogP contribution < -0.4 is 4.90 Å². The van der Waals surface area contributed by atoms with Gasteiger partial charge in [-0.25, -0.2) is 0 Å². The average Bonchev–Trinajstić information content (AvgIpc) is 2.38. The Morgan fingerprint density at radius 2 is 2.11 bits per heavy atom. The minimum absolute atomic E-state index is 0.169. The van der Waals surface area contributed by atoms with Crippen molar-refractivity contribution in [1.82, 2.24) is 0 Å². The number of anilines is 1. The number of rotatable bonds is 2. The van der Waals surface area contributed by atoms with Gasteiger partial charge in [-0.15, -0.1) is 0 Å². The first-order valence-corrected chi connectivity index (χ1v) is 7.03. The Morgan fingerprint density at radius 3 is 2.72 bits per heavy atom. The summed E-state index contributed by atoms with van der Waals surface area (Å²) in [6.07, 6.45) is 3.92. The van der Waals surface area contributed by atoms with Gasteiger partial charge in [0.25, 0.3) is 0 Å². The summed E-state index contributed by atoms with van der Waals surface area (Å²) < 4.78 is 0.904. The summed E-state index contributed by atoms with van der Waals surface area (Å²) in [6.45, 7) is 0. The second-order valence-corrected chi connectivity index (χ2v) is 5.66. The molecule has 0 radical (unpaired) electrons. The fourth-order valence-corrected chi connectivity index (χ4v) is 3.24. The number of nitriles is 1. The van der Waals surface area contributed by atoms with E-state index in [2.05, 4.69) is 26.9 Å². The van der Waals surface area contributed by atoms with Gasteiger partial charge in [0, 0.05) is 11.5 Å². The van der Waals surface area contributed by atoms with Gasteiger partial charge in [0.1, 0.15) is 0 Å². The topological polar surface area (TPSA) is 47.3 Å². The zero-order chi connectivity index (χ0) is 13.1. The lowest BCUT2D eigenvalue weighted by Gasteiger charge is -2.37. The Labute approximate surface area is 116 Å². The van der Waals surface area contributed by atoms with Gasteiger partial charge in [0.15, 0.2) is 0 Å². The van der Waals surface area contributed by atoms with Crippen LogP contribution in [-0.2, 0) is 0 Å². The van der Waals surface area contributed by atoms with Gasteiger partial charge in [-0.1, -0.05) is 12.8 Å². The molecule has 0 heterocycles. The maximum atomic E-state index is 10.1. The van der Waals surface area contributed by atoms with Crippen LogP contribution in [0.3, 0.4) is 0 Å². The molecule has 0 spiro atoms. The van der Waals surface area contributed by atoms with E-state index in [0.717, 1.165) is 29.4 Å². The molecule has 1 aromatic carbocycles. The van der Waals surface area contributed by atoms with E-state index in [1.165, 1.54) is 6.42 Å². The molecule has 2 unspecified atom stereocenters. The van der Waals surface area contributed by atoms with Crippen LogP contribution in [0.5, 0.6) is 0 Å². The molecule has 96 valence electrons. The number of hydrogen-bond donors (Lipinski definition) is 1. The number of nitrogens with zero attached hydrogens (tertiary/aromatic N) is 2. The maximum Gasteiger partial charge on any atom is 0.0992 e. The lowest BCUT2D eigenvalue weighted by atomic mass is 9.91. The van der Waals surface area contributed by atoms with Crippen molar-refractivity contribution < 1.29 is 5.11 Å². The molecule has 1 fully saturated rings.